The van der Waals surface area contributed by atoms with Gasteiger partial charge in [-0.25, -0.2) is 0 Å². The number of ether oxygens (including phenoxy) is 4. The van der Waals surface area contributed by atoms with Gasteiger partial charge in [-0.1, -0.05) is 34.6 Å². The van der Waals surface area contributed by atoms with E-state index in [1.165, 1.54) is 6.92 Å². The Balaban J connectivity index is 1.21. The van der Waals surface area contributed by atoms with Crippen LogP contribution in [0.5, 0.6) is 0 Å². The Morgan fingerprint density at radius 1 is 0.952 bits per heavy atom. The Morgan fingerprint density at radius 3 is 2.38 bits per heavy atom. The summed E-state index contributed by atoms with van der Waals surface area (Å²) in [5.41, 5.74) is -0.411. The Labute approximate surface area is 249 Å². The number of fused-ring (bicyclic) bond motifs is 4. The summed E-state index contributed by atoms with van der Waals surface area (Å²) in [6.45, 7) is 12.9. The molecule has 7 aliphatic rings. The smallest absolute Gasteiger partial charge is 0.306 e. The summed E-state index contributed by atoms with van der Waals surface area (Å²) in [6, 6.07) is 0. The van der Waals surface area contributed by atoms with E-state index < -0.39 is 24.6 Å². The van der Waals surface area contributed by atoms with Gasteiger partial charge in [-0.05, 0) is 84.4 Å². The Kier molecular flexibility index (Phi) is 6.42. The average molecular weight is 591 g/mol. The second-order valence-electron chi connectivity index (χ2n) is 16.3. The summed E-state index contributed by atoms with van der Waals surface area (Å²) < 4.78 is 24.5. The van der Waals surface area contributed by atoms with Crippen molar-refractivity contribution in [2.24, 2.45) is 50.7 Å². The number of hydrogen-bond acceptors (Lipinski definition) is 9. The van der Waals surface area contributed by atoms with E-state index in [9.17, 15) is 24.9 Å². The van der Waals surface area contributed by atoms with E-state index in [0.29, 0.717) is 18.3 Å². The molecule has 0 bridgehead atoms. The first kappa shape index (κ1) is 29.5. The molecule has 2 heterocycles. The second-order valence-corrected chi connectivity index (χ2v) is 16.3. The minimum absolute atomic E-state index is 0.0639. The summed E-state index contributed by atoms with van der Waals surface area (Å²) >= 11 is 0. The van der Waals surface area contributed by atoms with Gasteiger partial charge in [-0.15, -0.1) is 0 Å². The number of rotatable bonds is 3. The fourth-order valence-electron chi connectivity index (χ4n) is 12.8. The molecule has 9 heteroatoms. The topological polar surface area (TPSA) is 132 Å². The van der Waals surface area contributed by atoms with Crippen LogP contribution < -0.4 is 0 Å². The van der Waals surface area contributed by atoms with Crippen molar-refractivity contribution in [3.8, 4) is 0 Å². The van der Waals surface area contributed by atoms with Crippen molar-refractivity contribution >= 4 is 11.9 Å². The molecule has 0 aromatic carbocycles. The molecular weight excluding hydrogens is 540 g/mol. The summed E-state index contributed by atoms with van der Waals surface area (Å²) in [6.07, 6.45) is 1.99. The lowest BCUT2D eigenvalue weighted by Gasteiger charge is -2.65. The number of aliphatic hydroxyl groups is 3. The highest BCUT2D eigenvalue weighted by atomic mass is 16.7. The van der Waals surface area contributed by atoms with Crippen LogP contribution in [-0.2, 0) is 28.5 Å². The van der Waals surface area contributed by atoms with E-state index in [2.05, 4.69) is 34.6 Å². The van der Waals surface area contributed by atoms with Crippen LogP contribution in [0.15, 0.2) is 0 Å². The summed E-state index contributed by atoms with van der Waals surface area (Å²) in [5.74, 6) is 0.869. The highest BCUT2D eigenvalue weighted by molar-refractivity contribution is 5.71. The van der Waals surface area contributed by atoms with Crippen molar-refractivity contribution in [2.75, 3.05) is 6.61 Å². The number of esters is 2. The number of carbonyl (C=O) groups excluding carboxylic acids is 2. The van der Waals surface area contributed by atoms with Gasteiger partial charge in [0.1, 0.15) is 30.5 Å². The fraction of sp³-hybridized carbons (Fsp3) is 0.939. The van der Waals surface area contributed by atoms with Gasteiger partial charge in [0.2, 0.25) is 0 Å². The van der Waals surface area contributed by atoms with Gasteiger partial charge < -0.3 is 34.3 Å². The van der Waals surface area contributed by atoms with Gasteiger partial charge in [-0.3, -0.25) is 9.59 Å². The molecule has 0 amide bonds. The molecule has 5 saturated carbocycles. The van der Waals surface area contributed by atoms with Gasteiger partial charge in [0.05, 0.1) is 12.7 Å². The van der Waals surface area contributed by atoms with Crippen molar-refractivity contribution in [3.63, 3.8) is 0 Å². The van der Waals surface area contributed by atoms with E-state index >= 15 is 0 Å². The van der Waals surface area contributed by atoms with Crippen LogP contribution in [0.25, 0.3) is 0 Å². The summed E-state index contributed by atoms with van der Waals surface area (Å²) in [4.78, 5) is 25.2. The molecule has 7 fully saturated rings. The molecule has 0 aromatic rings. The van der Waals surface area contributed by atoms with Crippen molar-refractivity contribution < 1.29 is 43.9 Å². The van der Waals surface area contributed by atoms with Gasteiger partial charge >= 0.3 is 11.9 Å². The summed E-state index contributed by atoms with van der Waals surface area (Å²) in [5, 5.41) is 30.7. The zero-order valence-corrected chi connectivity index (χ0v) is 26.0. The van der Waals surface area contributed by atoms with E-state index in [1.807, 2.05) is 0 Å². The third-order valence-electron chi connectivity index (χ3n) is 14.5. The normalized spacial score (nSPS) is 57.5. The second kappa shape index (κ2) is 9.15. The quantitative estimate of drug-likeness (QED) is 0.334. The molecule has 0 unspecified atom stereocenters. The van der Waals surface area contributed by atoms with Gasteiger partial charge in [0, 0.05) is 24.7 Å². The van der Waals surface area contributed by atoms with Crippen LogP contribution in [0.3, 0.4) is 0 Å². The molecule has 15 atom stereocenters. The lowest BCUT2D eigenvalue weighted by Crippen LogP contribution is -2.63. The predicted molar refractivity (Wildman–Crippen MR) is 149 cm³/mol. The maximum absolute atomic E-state index is 12.6. The Bertz CT molecular complexity index is 1160. The molecule has 0 radical (unpaired) electrons. The number of carbonyl (C=O) groups is 2. The highest BCUT2D eigenvalue weighted by Crippen LogP contribution is 2.89. The van der Waals surface area contributed by atoms with Crippen molar-refractivity contribution in [1.29, 1.82) is 0 Å². The first-order valence-electron chi connectivity index (χ1n) is 16.3. The number of aliphatic hydroxyl groups excluding tert-OH is 3. The van der Waals surface area contributed by atoms with Crippen LogP contribution in [0.4, 0.5) is 0 Å². The zero-order valence-electron chi connectivity index (χ0n) is 26.0. The molecule has 7 rings (SSSR count). The van der Waals surface area contributed by atoms with E-state index in [-0.39, 0.29) is 75.8 Å². The maximum atomic E-state index is 12.6. The minimum atomic E-state index is -1.30. The van der Waals surface area contributed by atoms with E-state index in [0.717, 1.165) is 44.9 Å². The first-order valence-corrected chi connectivity index (χ1v) is 16.3. The molecule has 42 heavy (non-hydrogen) atoms. The monoisotopic (exact) mass is 590 g/mol. The Hall–Kier alpha value is -1.26. The standard InChI is InChI=1S/C33H50O9/c1-16-11-24(36)41-19-12-30(5)21-8-7-20-29(3,4)22(42-28-27(38)26(37)18(35)14-39-28)9-10-32(20)15-33(21,32)13-23(40-17(2)34)31(30,6)25(16)19/h16,18-23,25-28,35,37-38H,7-15H2,1-6H3/t16-,18+,19+,20-,21+,22+,23-,25+,26+,27-,28+,30+,31-,32-,33+/m1/s1. The average Bonchev–Trinajstić information content (AvgIpc) is 3.48. The van der Waals surface area contributed by atoms with Crippen LogP contribution in [0.1, 0.15) is 92.9 Å². The minimum Gasteiger partial charge on any atom is -0.462 e. The summed E-state index contributed by atoms with van der Waals surface area (Å²) in [7, 11) is 0. The molecule has 9 nitrogen and oxygen atoms in total. The van der Waals surface area contributed by atoms with Crippen LogP contribution in [0, 0.1) is 50.7 Å². The van der Waals surface area contributed by atoms with Crippen LogP contribution in [0.2, 0.25) is 0 Å². The molecular formula is C33H50O9. The fourth-order valence-corrected chi connectivity index (χ4v) is 12.8. The highest BCUT2D eigenvalue weighted by Gasteiger charge is 2.85. The van der Waals surface area contributed by atoms with Gasteiger partial charge in [0.25, 0.3) is 0 Å². The van der Waals surface area contributed by atoms with Crippen molar-refractivity contribution in [3.05, 3.63) is 0 Å². The van der Waals surface area contributed by atoms with Crippen molar-refractivity contribution in [2.45, 2.75) is 136 Å². The van der Waals surface area contributed by atoms with Crippen LogP contribution >= 0.6 is 0 Å². The van der Waals surface area contributed by atoms with E-state index in [4.69, 9.17) is 18.9 Å². The molecule has 2 aliphatic heterocycles. The SMILES string of the molecule is CC(=O)O[C@@H]1C[C@@]23C[C@@]24CC[C@H](O[C@@H]2OC[C@H](O)[C@H](O)[C@H]2O)C(C)(C)[C@H]4CC[C@H]3[C@]2(C)C[C@@H]3OC(=O)C[C@@H](C)[C@@H]3[C@@]12C. The molecule has 2 saturated heterocycles. The lowest BCUT2D eigenvalue weighted by molar-refractivity contribution is -0.303. The largest absolute Gasteiger partial charge is 0.462 e. The Morgan fingerprint density at radius 2 is 1.67 bits per heavy atom. The third kappa shape index (κ3) is 3.55. The van der Waals surface area contributed by atoms with Crippen molar-refractivity contribution in [1.82, 2.24) is 0 Å². The zero-order chi connectivity index (χ0) is 30.2. The molecule has 0 aromatic heterocycles. The van der Waals surface area contributed by atoms with Gasteiger partial charge in [-0.2, -0.15) is 0 Å². The molecule has 3 N–H and O–H groups in total. The molecule has 2 spiro atoms. The van der Waals surface area contributed by atoms with E-state index in [1.54, 1.807) is 0 Å². The van der Waals surface area contributed by atoms with Gasteiger partial charge in [0.15, 0.2) is 6.29 Å². The lowest BCUT2D eigenvalue weighted by atomic mass is 9.41. The number of hydrogen-bond donors (Lipinski definition) is 3. The van der Waals surface area contributed by atoms with Crippen LogP contribution in [-0.4, -0.2) is 76.8 Å². The predicted octanol–water partition coefficient (Wildman–Crippen LogP) is 3.35. The molecule has 236 valence electrons. The molecule has 5 aliphatic carbocycles. The first-order chi connectivity index (χ1) is 19.6. The third-order valence-corrected chi connectivity index (χ3v) is 14.5. The maximum Gasteiger partial charge on any atom is 0.306 e.